The van der Waals surface area contributed by atoms with Crippen LogP contribution in [0.3, 0.4) is 0 Å². The number of hydrogen-bond acceptors (Lipinski definition) is 3. The van der Waals surface area contributed by atoms with Crippen molar-refractivity contribution in [2.75, 3.05) is 13.1 Å². The van der Waals surface area contributed by atoms with Crippen molar-refractivity contribution in [1.29, 1.82) is 0 Å². The van der Waals surface area contributed by atoms with Crippen LogP contribution in [0.25, 0.3) is 0 Å². The van der Waals surface area contributed by atoms with E-state index < -0.39 is 12.0 Å². The Balaban J connectivity index is 2.49. The molecule has 16 heavy (non-hydrogen) atoms. The lowest BCUT2D eigenvalue weighted by atomic mass is 9.94. The van der Waals surface area contributed by atoms with Crippen LogP contribution in [0.5, 0.6) is 0 Å². The lowest BCUT2D eigenvalue weighted by molar-refractivity contribution is -0.141. The SMILES string of the molecule is CC[C@H](N)C(=O)N1CCCC(CC(=O)O)C1. The molecule has 1 amide bonds. The highest BCUT2D eigenvalue weighted by molar-refractivity contribution is 5.81. The minimum absolute atomic E-state index is 0.0439. The summed E-state index contributed by atoms with van der Waals surface area (Å²) in [6.07, 6.45) is 2.53. The topological polar surface area (TPSA) is 83.6 Å². The van der Waals surface area contributed by atoms with E-state index in [1.807, 2.05) is 6.92 Å². The van der Waals surface area contributed by atoms with Crippen molar-refractivity contribution in [2.45, 2.75) is 38.6 Å². The second-order valence-electron chi connectivity index (χ2n) is 4.41. The molecule has 1 aliphatic heterocycles. The molecule has 0 aromatic rings. The fourth-order valence-electron chi connectivity index (χ4n) is 2.09. The van der Waals surface area contributed by atoms with Gasteiger partial charge in [0.05, 0.1) is 6.04 Å². The van der Waals surface area contributed by atoms with Crippen LogP contribution in [0.1, 0.15) is 32.6 Å². The summed E-state index contributed by atoms with van der Waals surface area (Å²) in [4.78, 5) is 24.1. The third-order valence-electron chi connectivity index (χ3n) is 3.05. The Bertz CT molecular complexity index is 268. The first kappa shape index (κ1) is 13.0. The molecule has 92 valence electrons. The molecule has 1 aliphatic rings. The first-order valence-electron chi connectivity index (χ1n) is 5.80. The molecule has 1 fully saturated rings. The van der Waals surface area contributed by atoms with Gasteiger partial charge in [0.15, 0.2) is 0 Å². The number of aliphatic carboxylic acids is 1. The van der Waals surface area contributed by atoms with Crippen LogP contribution in [-0.2, 0) is 9.59 Å². The van der Waals surface area contributed by atoms with Crippen molar-refractivity contribution >= 4 is 11.9 Å². The first-order chi connectivity index (χ1) is 7.54. The standard InChI is InChI=1S/C11H20N2O3/c1-2-9(12)11(16)13-5-3-4-8(7-13)6-10(14)15/h8-9H,2-7,12H2,1H3,(H,14,15)/t8?,9-/m0/s1. The second-order valence-corrected chi connectivity index (χ2v) is 4.41. The maximum absolute atomic E-state index is 11.8. The molecule has 2 atom stereocenters. The summed E-state index contributed by atoms with van der Waals surface area (Å²) in [5, 5.41) is 8.72. The molecule has 1 rings (SSSR count). The lowest BCUT2D eigenvalue weighted by Gasteiger charge is -2.33. The fraction of sp³-hybridized carbons (Fsp3) is 0.818. The van der Waals surface area contributed by atoms with Gasteiger partial charge in [0.25, 0.3) is 0 Å². The molecule has 0 aromatic heterocycles. The maximum Gasteiger partial charge on any atom is 0.303 e. The number of amides is 1. The van der Waals surface area contributed by atoms with Gasteiger partial charge in [-0.3, -0.25) is 9.59 Å². The van der Waals surface area contributed by atoms with E-state index in [0.717, 1.165) is 12.8 Å². The highest BCUT2D eigenvalue weighted by atomic mass is 16.4. The van der Waals surface area contributed by atoms with Gasteiger partial charge in [-0.1, -0.05) is 6.92 Å². The summed E-state index contributed by atoms with van der Waals surface area (Å²) in [6, 6.07) is -0.441. The zero-order valence-electron chi connectivity index (χ0n) is 9.69. The average Bonchev–Trinajstić information content (AvgIpc) is 2.26. The Morgan fingerprint density at radius 3 is 2.81 bits per heavy atom. The van der Waals surface area contributed by atoms with E-state index in [-0.39, 0.29) is 18.2 Å². The normalized spacial score (nSPS) is 22.9. The predicted octanol–water partition coefficient (Wildman–Crippen LogP) is 0.437. The number of rotatable bonds is 4. The summed E-state index contributed by atoms with van der Waals surface area (Å²) in [7, 11) is 0. The van der Waals surface area contributed by atoms with Gasteiger partial charge in [0, 0.05) is 19.5 Å². The molecule has 0 aliphatic carbocycles. The third-order valence-corrected chi connectivity index (χ3v) is 3.05. The molecule has 1 heterocycles. The summed E-state index contributed by atoms with van der Waals surface area (Å²) < 4.78 is 0. The van der Waals surface area contributed by atoms with Crippen LogP contribution in [0.2, 0.25) is 0 Å². The minimum Gasteiger partial charge on any atom is -0.481 e. The largest absolute Gasteiger partial charge is 0.481 e. The van der Waals surface area contributed by atoms with Crippen LogP contribution in [0.4, 0.5) is 0 Å². The summed E-state index contributed by atoms with van der Waals surface area (Å²) in [5.74, 6) is -0.754. The molecule has 0 bridgehead atoms. The van der Waals surface area contributed by atoms with Crippen LogP contribution < -0.4 is 5.73 Å². The molecule has 5 nitrogen and oxygen atoms in total. The Hall–Kier alpha value is -1.10. The number of nitrogens with zero attached hydrogens (tertiary/aromatic N) is 1. The summed E-state index contributed by atoms with van der Waals surface area (Å²) >= 11 is 0. The Morgan fingerprint density at radius 2 is 2.25 bits per heavy atom. The van der Waals surface area contributed by atoms with Gasteiger partial charge < -0.3 is 15.7 Å². The van der Waals surface area contributed by atoms with Gasteiger partial charge in [-0.05, 0) is 25.2 Å². The number of carboxylic acid groups (broad SMARTS) is 1. The number of carbonyl (C=O) groups is 2. The van der Waals surface area contributed by atoms with E-state index in [4.69, 9.17) is 10.8 Å². The Labute approximate surface area is 95.6 Å². The van der Waals surface area contributed by atoms with Crippen molar-refractivity contribution in [1.82, 2.24) is 4.90 Å². The summed E-state index contributed by atoms with van der Waals surface area (Å²) in [6.45, 7) is 3.13. The zero-order valence-corrected chi connectivity index (χ0v) is 9.69. The molecule has 0 spiro atoms. The van der Waals surface area contributed by atoms with Crippen LogP contribution >= 0.6 is 0 Å². The Kier molecular flexibility index (Phi) is 4.73. The number of piperidine rings is 1. The first-order valence-corrected chi connectivity index (χ1v) is 5.80. The highest BCUT2D eigenvalue weighted by Crippen LogP contribution is 2.20. The van der Waals surface area contributed by atoms with Crippen molar-refractivity contribution in [2.24, 2.45) is 11.7 Å². The second kappa shape index (κ2) is 5.84. The molecule has 1 saturated heterocycles. The van der Waals surface area contributed by atoms with Crippen molar-refractivity contribution < 1.29 is 14.7 Å². The molecule has 0 saturated carbocycles. The molecule has 3 N–H and O–H groups in total. The number of hydrogen-bond donors (Lipinski definition) is 2. The van der Waals surface area contributed by atoms with Gasteiger partial charge in [0.2, 0.25) is 5.91 Å². The predicted molar refractivity (Wildman–Crippen MR) is 59.8 cm³/mol. The van der Waals surface area contributed by atoms with E-state index >= 15 is 0 Å². The Morgan fingerprint density at radius 1 is 1.56 bits per heavy atom. The number of likely N-dealkylation sites (tertiary alicyclic amines) is 1. The molecule has 1 unspecified atom stereocenters. The minimum atomic E-state index is -0.793. The van der Waals surface area contributed by atoms with Crippen molar-refractivity contribution in [3.05, 3.63) is 0 Å². The van der Waals surface area contributed by atoms with Gasteiger partial charge in [-0.15, -0.1) is 0 Å². The van der Waals surface area contributed by atoms with Gasteiger partial charge in [0.1, 0.15) is 0 Å². The zero-order chi connectivity index (χ0) is 12.1. The van der Waals surface area contributed by atoms with Crippen LogP contribution in [0.15, 0.2) is 0 Å². The molecule has 0 aromatic carbocycles. The average molecular weight is 228 g/mol. The number of carbonyl (C=O) groups excluding carboxylic acids is 1. The van der Waals surface area contributed by atoms with E-state index in [1.165, 1.54) is 0 Å². The maximum atomic E-state index is 11.8. The van der Waals surface area contributed by atoms with E-state index in [9.17, 15) is 9.59 Å². The number of nitrogens with two attached hydrogens (primary N) is 1. The quantitative estimate of drug-likeness (QED) is 0.731. The third kappa shape index (κ3) is 3.48. The van der Waals surface area contributed by atoms with Gasteiger partial charge in [-0.25, -0.2) is 0 Å². The molecule has 5 heteroatoms. The van der Waals surface area contributed by atoms with Crippen molar-refractivity contribution in [3.63, 3.8) is 0 Å². The molecular weight excluding hydrogens is 208 g/mol. The van der Waals surface area contributed by atoms with Crippen LogP contribution in [0, 0.1) is 5.92 Å². The van der Waals surface area contributed by atoms with E-state index in [1.54, 1.807) is 4.90 Å². The summed E-state index contributed by atoms with van der Waals surface area (Å²) in [5.41, 5.74) is 5.69. The fourth-order valence-corrected chi connectivity index (χ4v) is 2.09. The van der Waals surface area contributed by atoms with Crippen molar-refractivity contribution in [3.8, 4) is 0 Å². The highest BCUT2D eigenvalue weighted by Gasteiger charge is 2.27. The van der Waals surface area contributed by atoms with E-state index in [0.29, 0.717) is 19.5 Å². The van der Waals surface area contributed by atoms with Gasteiger partial charge >= 0.3 is 5.97 Å². The lowest BCUT2D eigenvalue weighted by Crippen LogP contribution is -2.48. The van der Waals surface area contributed by atoms with Gasteiger partial charge in [-0.2, -0.15) is 0 Å². The van der Waals surface area contributed by atoms with Crippen LogP contribution in [-0.4, -0.2) is 41.0 Å². The monoisotopic (exact) mass is 228 g/mol. The molecular formula is C11H20N2O3. The van der Waals surface area contributed by atoms with E-state index in [2.05, 4.69) is 0 Å². The smallest absolute Gasteiger partial charge is 0.303 e. The number of carboxylic acids is 1. The molecule has 0 radical (unpaired) electrons.